The predicted octanol–water partition coefficient (Wildman–Crippen LogP) is 0.774. The monoisotopic (exact) mass is 262 g/mol. The Morgan fingerprint density at radius 3 is 2.68 bits per heavy atom. The van der Waals surface area contributed by atoms with E-state index in [4.69, 9.17) is 5.11 Å². The summed E-state index contributed by atoms with van der Waals surface area (Å²) < 4.78 is 0. The molecule has 0 radical (unpaired) electrons. The maximum Gasteiger partial charge on any atom is 0.328 e. The molecular formula is C13H14N2O4. The van der Waals surface area contributed by atoms with Crippen molar-refractivity contribution in [3.63, 3.8) is 0 Å². The van der Waals surface area contributed by atoms with Crippen molar-refractivity contribution in [1.82, 2.24) is 5.32 Å². The number of hydrogen-bond acceptors (Lipinski definition) is 3. The molecule has 6 nitrogen and oxygen atoms in total. The van der Waals surface area contributed by atoms with Crippen LogP contribution in [0.3, 0.4) is 0 Å². The summed E-state index contributed by atoms with van der Waals surface area (Å²) in [7, 11) is 0. The average Bonchev–Trinajstić information content (AvgIpc) is 2.66. The van der Waals surface area contributed by atoms with Crippen LogP contribution in [0, 0.1) is 0 Å². The second kappa shape index (κ2) is 4.38. The van der Waals surface area contributed by atoms with E-state index >= 15 is 0 Å². The van der Waals surface area contributed by atoms with Gasteiger partial charge < -0.3 is 15.7 Å². The molecule has 0 spiro atoms. The van der Waals surface area contributed by atoms with Gasteiger partial charge in [0.1, 0.15) is 5.54 Å². The maximum absolute atomic E-state index is 12.0. The lowest BCUT2D eigenvalue weighted by Crippen LogP contribution is -2.49. The molecule has 3 N–H and O–H groups in total. The van der Waals surface area contributed by atoms with Crippen LogP contribution in [0.5, 0.6) is 0 Å². The van der Waals surface area contributed by atoms with Crippen LogP contribution >= 0.6 is 0 Å². The summed E-state index contributed by atoms with van der Waals surface area (Å²) in [6.07, 6.45) is 0.303. The molecule has 1 aromatic rings. The molecule has 1 heterocycles. The Kier molecular flexibility index (Phi) is 3.01. The summed E-state index contributed by atoms with van der Waals surface area (Å²) in [5.74, 6) is -1.72. The van der Waals surface area contributed by atoms with Crippen LogP contribution in [0.15, 0.2) is 18.2 Å². The molecule has 0 unspecified atom stereocenters. The van der Waals surface area contributed by atoms with Crippen LogP contribution in [0.1, 0.15) is 29.8 Å². The smallest absolute Gasteiger partial charge is 0.328 e. The van der Waals surface area contributed by atoms with Gasteiger partial charge in [-0.25, -0.2) is 4.79 Å². The summed E-state index contributed by atoms with van der Waals surface area (Å²) in [5, 5.41) is 14.0. The van der Waals surface area contributed by atoms with Crippen LogP contribution in [-0.2, 0) is 16.0 Å². The standard InChI is InChI=1S/C13H14N2O4/c1-13(2,12(18)19)15-11(17)8-4-3-7-6-10(16)14-9(7)5-8/h3-5H,6H2,1-2H3,(H,14,16)(H,15,17)(H,18,19). The van der Waals surface area contributed by atoms with Crippen molar-refractivity contribution in [2.75, 3.05) is 5.32 Å². The number of nitrogens with one attached hydrogen (secondary N) is 2. The van der Waals surface area contributed by atoms with E-state index in [0.29, 0.717) is 17.7 Å². The third-order valence-electron chi connectivity index (χ3n) is 2.96. The topological polar surface area (TPSA) is 95.5 Å². The first-order valence-corrected chi connectivity index (χ1v) is 5.78. The zero-order chi connectivity index (χ0) is 14.2. The molecule has 19 heavy (non-hydrogen) atoms. The molecule has 0 saturated heterocycles. The van der Waals surface area contributed by atoms with Gasteiger partial charge >= 0.3 is 5.97 Å². The number of carboxylic acid groups (broad SMARTS) is 1. The highest BCUT2D eigenvalue weighted by Gasteiger charge is 2.29. The van der Waals surface area contributed by atoms with Gasteiger partial charge in [-0.05, 0) is 31.5 Å². The molecule has 0 bridgehead atoms. The highest BCUT2D eigenvalue weighted by Crippen LogP contribution is 2.24. The Hall–Kier alpha value is -2.37. The van der Waals surface area contributed by atoms with Crippen molar-refractivity contribution < 1.29 is 19.5 Å². The summed E-state index contributed by atoms with van der Waals surface area (Å²) >= 11 is 0. The van der Waals surface area contributed by atoms with Crippen molar-refractivity contribution >= 4 is 23.5 Å². The van der Waals surface area contributed by atoms with E-state index in [2.05, 4.69) is 10.6 Å². The normalized spacial score (nSPS) is 13.7. The Labute approximate surface area is 109 Å². The van der Waals surface area contributed by atoms with Gasteiger partial charge in [-0.1, -0.05) is 6.07 Å². The van der Waals surface area contributed by atoms with E-state index in [1.807, 2.05) is 0 Å². The van der Waals surface area contributed by atoms with Gasteiger partial charge in [0.2, 0.25) is 5.91 Å². The molecule has 2 rings (SSSR count). The molecule has 0 aromatic heterocycles. The average molecular weight is 262 g/mol. The lowest BCUT2D eigenvalue weighted by Gasteiger charge is -2.21. The van der Waals surface area contributed by atoms with Crippen LogP contribution in [0.25, 0.3) is 0 Å². The minimum absolute atomic E-state index is 0.113. The quantitative estimate of drug-likeness (QED) is 0.749. The molecule has 0 saturated carbocycles. The minimum atomic E-state index is -1.35. The summed E-state index contributed by atoms with van der Waals surface area (Å²) in [5.41, 5.74) is 0.402. The van der Waals surface area contributed by atoms with E-state index in [9.17, 15) is 14.4 Å². The van der Waals surface area contributed by atoms with Gasteiger partial charge in [-0.15, -0.1) is 0 Å². The fourth-order valence-electron chi connectivity index (χ4n) is 1.77. The molecule has 0 aliphatic carbocycles. The molecule has 0 atom stereocenters. The number of carbonyl (C=O) groups excluding carboxylic acids is 2. The van der Waals surface area contributed by atoms with Crippen molar-refractivity contribution in [2.24, 2.45) is 0 Å². The predicted molar refractivity (Wildman–Crippen MR) is 68.0 cm³/mol. The molecule has 1 aliphatic heterocycles. The third kappa shape index (κ3) is 2.57. The van der Waals surface area contributed by atoms with Gasteiger partial charge in [-0.3, -0.25) is 9.59 Å². The maximum atomic E-state index is 12.0. The zero-order valence-corrected chi connectivity index (χ0v) is 10.6. The number of benzene rings is 1. The summed E-state index contributed by atoms with van der Waals surface area (Å²) in [4.78, 5) is 34.1. The number of carboxylic acids is 1. The lowest BCUT2D eigenvalue weighted by molar-refractivity contribution is -0.143. The largest absolute Gasteiger partial charge is 0.480 e. The number of carbonyl (C=O) groups is 3. The van der Waals surface area contributed by atoms with Gasteiger partial charge in [0.15, 0.2) is 0 Å². The fraction of sp³-hybridized carbons (Fsp3) is 0.308. The molecular weight excluding hydrogens is 248 g/mol. The summed E-state index contributed by atoms with van der Waals surface area (Å²) in [6.45, 7) is 2.81. The highest BCUT2D eigenvalue weighted by atomic mass is 16.4. The molecule has 0 fully saturated rings. The first-order chi connectivity index (χ1) is 8.79. The van der Waals surface area contributed by atoms with Crippen LogP contribution in [-0.4, -0.2) is 28.4 Å². The molecule has 2 amide bonds. The summed E-state index contributed by atoms with van der Waals surface area (Å²) in [6, 6.07) is 4.82. The van der Waals surface area contributed by atoms with Gasteiger partial charge in [-0.2, -0.15) is 0 Å². The van der Waals surface area contributed by atoms with Crippen LogP contribution < -0.4 is 10.6 Å². The Bertz CT molecular complexity index is 578. The van der Waals surface area contributed by atoms with Crippen molar-refractivity contribution in [3.8, 4) is 0 Å². The number of amides is 2. The van der Waals surface area contributed by atoms with Gasteiger partial charge in [0.25, 0.3) is 5.91 Å². The number of rotatable bonds is 3. The highest BCUT2D eigenvalue weighted by molar-refractivity contribution is 6.03. The van der Waals surface area contributed by atoms with Crippen molar-refractivity contribution in [2.45, 2.75) is 25.8 Å². The fourth-order valence-corrected chi connectivity index (χ4v) is 1.77. The number of aliphatic carboxylic acids is 1. The van der Waals surface area contributed by atoms with Crippen molar-refractivity contribution in [3.05, 3.63) is 29.3 Å². The third-order valence-corrected chi connectivity index (χ3v) is 2.96. The second-order valence-electron chi connectivity index (χ2n) is 4.98. The van der Waals surface area contributed by atoms with E-state index in [-0.39, 0.29) is 5.91 Å². The van der Waals surface area contributed by atoms with Crippen molar-refractivity contribution in [1.29, 1.82) is 0 Å². The first kappa shape index (κ1) is 13.1. The Balaban J connectivity index is 2.20. The van der Waals surface area contributed by atoms with E-state index in [0.717, 1.165) is 5.56 Å². The van der Waals surface area contributed by atoms with Gasteiger partial charge in [0, 0.05) is 11.3 Å². The number of hydrogen-bond donors (Lipinski definition) is 3. The van der Waals surface area contributed by atoms with E-state index < -0.39 is 17.4 Å². The lowest BCUT2D eigenvalue weighted by atomic mass is 10.0. The van der Waals surface area contributed by atoms with Crippen LogP contribution in [0.2, 0.25) is 0 Å². The SMILES string of the molecule is CC(C)(NC(=O)c1ccc2c(c1)NC(=O)C2)C(=O)O. The molecule has 1 aromatic carbocycles. The van der Waals surface area contributed by atoms with Crippen LogP contribution in [0.4, 0.5) is 5.69 Å². The second-order valence-corrected chi connectivity index (χ2v) is 4.98. The number of anilines is 1. The Morgan fingerprint density at radius 1 is 1.37 bits per heavy atom. The first-order valence-electron chi connectivity index (χ1n) is 5.78. The molecule has 1 aliphatic rings. The van der Waals surface area contributed by atoms with E-state index in [1.165, 1.54) is 13.8 Å². The molecule has 6 heteroatoms. The Morgan fingerprint density at radius 2 is 2.05 bits per heavy atom. The van der Waals surface area contributed by atoms with Gasteiger partial charge in [0.05, 0.1) is 6.42 Å². The molecule has 100 valence electrons. The number of fused-ring (bicyclic) bond motifs is 1. The van der Waals surface area contributed by atoms with E-state index in [1.54, 1.807) is 18.2 Å². The zero-order valence-electron chi connectivity index (χ0n) is 10.6. The minimum Gasteiger partial charge on any atom is -0.480 e.